The molecular formula is C10H20ClNO. The molecule has 0 N–H and O–H groups in total. The van der Waals surface area contributed by atoms with Crippen LogP contribution in [-0.4, -0.2) is 28.8 Å². The maximum absolute atomic E-state index is 11.5. The van der Waals surface area contributed by atoms with Crippen LogP contribution >= 0.6 is 11.6 Å². The summed E-state index contributed by atoms with van der Waals surface area (Å²) in [6, 6.07) is 0.586. The molecular weight excluding hydrogens is 186 g/mol. The summed E-state index contributed by atoms with van der Waals surface area (Å²) in [5.41, 5.74) is 0. The fourth-order valence-corrected chi connectivity index (χ4v) is 1.53. The van der Waals surface area contributed by atoms with E-state index in [9.17, 15) is 4.79 Å². The number of carbonyl (C=O) groups is 1. The molecule has 13 heavy (non-hydrogen) atoms. The van der Waals surface area contributed by atoms with Gasteiger partial charge in [0.05, 0.1) is 0 Å². The zero-order valence-corrected chi connectivity index (χ0v) is 9.77. The van der Waals surface area contributed by atoms with Gasteiger partial charge in [-0.2, -0.15) is 0 Å². The Morgan fingerprint density at radius 1 is 1.23 bits per heavy atom. The number of hydrogen-bond acceptors (Lipinski definition) is 1. The van der Waals surface area contributed by atoms with E-state index in [1.807, 2.05) is 4.90 Å². The van der Waals surface area contributed by atoms with Crippen LogP contribution in [0.5, 0.6) is 0 Å². The quantitative estimate of drug-likeness (QED) is 0.632. The summed E-state index contributed by atoms with van der Waals surface area (Å²) >= 11 is 5.56. The first kappa shape index (κ1) is 12.8. The van der Waals surface area contributed by atoms with Crippen molar-refractivity contribution in [1.82, 2.24) is 4.90 Å². The van der Waals surface area contributed by atoms with E-state index >= 15 is 0 Å². The largest absolute Gasteiger partial charge is 0.336 e. The molecule has 0 heterocycles. The highest BCUT2D eigenvalue weighted by molar-refractivity contribution is 6.27. The van der Waals surface area contributed by atoms with Gasteiger partial charge in [-0.15, -0.1) is 11.6 Å². The number of alkyl halides is 1. The third kappa shape index (κ3) is 3.55. The second kappa shape index (κ2) is 6.25. The number of halogens is 1. The second-order valence-corrected chi connectivity index (χ2v) is 3.72. The van der Waals surface area contributed by atoms with Crippen molar-refractivity contribution in [3.63, 3.8) is 0 Å². The van der Waals surface area contributed by atoms with Crippen LogP contribution in [-0.2, 0) is 4.79 Å². The first-order valence-electron chi connectivity index (χ1n) is 4.95. The summed E-state index contributed by atoms with van der Waals surface area (Å²) < 4.78 is 0. The fourth-order valence-electron chi connectivity index (χ4n) is 1.39. The molecule has 78 valence electrons. The topological polar surface area (TPSA) is 20.3 Å². The summed E-state index contributed by atoms with van der Waals surface area (Å²) in [4.78, 5) is 13.4. The van der Waals surface area contributed by atoms with Gasteiger partial charge in [-0.25, -0.2) is 0 Å². The predicted octanol–water partition coefficient (Wildman–Crippen LogP) is 2.65. The zero-order valence-electron chi connectivity index (χ0n) is 9.01. The lowest BCUT2D eigenvalue weighted by Crippen LogP contribution is -2.44. The molecule has 0 aromatic carbocycles. The molecule has 3 heteroatoms. The molecule has 0 rings (SSSR count). The molecule has 0 saturated heterocycles. The first-order valence-corrected chi connectivity index (χ1v) is 5.48. The minimum absolute atomic E-state index is 0.0466. The van der Waals surface area contributed by atoms with E-state index in [2.05, 4.69) is 27.7 Å². The SMILES string of the molecule is CC[C@@H](C)N(C(=O)CCl)[C@@H](C)CC. The molecule has 0 bridgehead atoms. The number of amides is 1. The lowest BCUT2D eigenvalue weighted by molar-refractivity contribution is -0.132. The van der Waals surface area contributed by atoms with Gasteiger partial charge in [-0.05, 0) is 26.7 Å². The minimum Gasteiger partial charge on any atom is -0.336 e. The minimum atomic E-state index is 0.0466. The Labute approximate surface area is 86.2 Å². The van der Waals surface area contributed by atoms with Crippen LogP contribution in [0.25, 0.3) is 0 Å². The molecule has 0 radical (unpaired) electrons. The van der Waals surface area contributed by atoms with Gasteiger partial charge in [0.25, 0.3) is 0 Å². The van der Waals surface area contributed by atoms with Crippen LogP contribution in [0.3, 0.4) is 0 Å². The van der Waals surface area contributed by atoms with E-state index < -0.39 is 0 Å². The monoisotopic (exact) mass is 205 g/mol. The molecule has 1 amide bonds. The van der Waals surface area contributed by atoms with Gasteiger partial charge in [-0.1, -0.05) is 13.8 Å². The van der Waals surface area contributed by atoms with E-state index in [4.69, 9.17) is 11.6 Å². The summed E-state index contributed by atoms with van der Waals surface area (Å²) in [5, 5.41) is 0. The van der Waals surface area contributed by atoms with Crippen LogP contribution < -0.4 is 0 Å². The van der Waals surface area contributed by atoms with Crippen LogP contribution in [0.2, 0.25) is 0 Å². The highest BCUT2D eigenvalue weighted by atomic mass is 35.5. The van der Waals surface area contributed by atoms with Crippen LogP contribution in [0, 0.1) is 0 Å². The van der Waals surface area contributed by atoms with Crippen molar-refractivity contribution in [2.45, 2.75) is 52.6 Å². The van der Waals surface area contributed by atoms with E-state index in [0.717, 1.165) is 12.8 Å². The Hall–Kier alpha value is -0.240. The summed E-state index contributed by atoms with van der Waals surface area (Å²) in [6.45, 7) is 8.30. The van der Waals surface area contributed by atoms with Crippen molar-refractivity contribution >= 4 is 17.5 Å². The van der Waals surface area contributed by atoms with E-state index in [-0.39, 0.29) is 11.8 Å². The molecule has 0 aliphatic rings. The Kier molecular flexibility index (Phi) is 6.13. The number of carbonyl (C=O) groups excluding carboxylic acids is 1. The summed E-state index contributed by atoms with van der Waals surface area (Å²) in [5.74, 6) is 0.139. The molecule has 0 fully saturated rings. The van der Waals surface area contributed by atoms with E-state index in [1.165, 1.54) is 0 Å². The van der Waals surface area contributed by atoms with Crippen molar-refractivity contribution in [3.8, 4) is 0 Å². The number of hydrogen-bond donors (Lipinski definition) is 0. The van der Waals surface area contributed by atoms with Crippen LogP contribution in [0.1, 0.15) is 40.5 Å². The van der Waals surface area contributed by atoms with Gasteiger partial charge in [0, 0.05) is 12.1 Å². The highest BCUT2D eigenvalue weighted by Crippen LogP contribution is 2.12. The molecule has 0 aromatic rings. The summed E-state index contributed by atoms with van der Waals surface area (Å²) in [7, 11) is 0. The molecule has 0 aromatic heterocycles. The molecule has 0 aliphatic heterocycles. The third-order valence-corrected chi connectivity index (χ3v) is 2.76. The lowest BCUT2D eigenvalue weighted by Gasteiger charge is -2.33. The van der Waals surface area contributed by atoms with Gasteiger partial charge < -0.3 is 4.90 Å². The normalized spacial score (nSPS) is 15.2. The Bertz CT molecular complexity index is 151. The molecule has 0 aliphatic carbocycles. The number of rotatable bonds is 5. The lowest BCUT2D eigenvalue weighted by atomic mass is 10.1. The number of nitrogens with zero attached hydrogens (tertiary/aromatic N) is 1. The molecule has 2 atom stereocenters. The van der Waals surface area contributed by atoms with Crippen molar-refractivity contribution in [2.24, 2.45) is 0 Å². The van der Waals surface area contributed by atoms with E-state index in [1.54, 1.807) is 0 Å². The average molecular weight is 206 g/mol. The Morgan fingerprint density at radius 2 is 1.62 bits per heavy atom. The van der Waals surface area contributed by atoms with Crippen molar-refractivity contribution in [1.29, 1.82) is 0 Å². The Morgan fingerprint density at radius 3 is 1.85 bits per heavy atom. The zero-order chi connectivity index (χ0) is 10.4. The van der Waals surface area contributed by atoms with Gasteiger partial charge in [0.1, 0.15) is 5.88 Å². The highest BCUT2D eigenvalue weighted by Gasteiger charge is 2.22. The van der Waals surface area contributed by atoms with Gasteiger partial charge in [0.15, 0.2) is 0 Å². The smallest absolute Gasteiger partial charge is 0.237 e. The van der Waals surface area contributed by atoms with E-state index in [0.29, 0.717) is 12.1 Å². The molecule has 0 spiro atoms. The predicted molar refractivity (Wildman–Crippen MR) is 57.1 cm³/mol. The van der Waals surface area contributed by atoms with Crippen LogP contribution in [0.15, 0.2) is 0 Å². The molecule has 0 unspecified atom stereocenters. The summed E-state index contributed by atoms with van der Waals surface area (Å²) in [6.07, 6.45) is 1.96. The molecule has 0 saturated carbocycles. The van der Waals surface area contributed by atoms with Crippen molar-refractivity contribution in [3.05, 3.63) is 0 Å². The van der Waals surface area contributed by atoms with Gasteiger partial charge >= 0.3 is 0 Å². The van der Waals surface area contributed by atoms with Crippen molar-refractivity contribution in [2.75, 3.05) is 5.88 Å². The van der Waals surface area contributed by atoms with Gasteiger partial charge in [-0.3, -0.25) is 4.79 Å². The maximum atomic E-state index is 11.5. The maximum Gasteiger partial charge on any atom is 0.237 e. The van der Waals surface area contributed by atoms with Crippen molar-refractivity contribution < 1.29 is 4.79 Å². The standard InChI is InChI=1S/C10H20ClNO/c1-5-8(3)12(9(4)6-2)10(13)7-11/h8-9H,5-7H2,1-4H3/t8-,9+. The van der Waals surface area contributed by atoms with Crippen LogP contribution in [0.4, 0.5) is 0 Å². The Balaban J connectivity index is 4.44. The first-order chi connectivity index (χ1) is 6.08. The average Bonchev–Trinajstić information content (AvgIpc) is 2.16. The third-order valence-electron chi connectivity index (χ3n) is 2.53. The van der Waals surface area contributed by atoms with Gasteiger partial charge in [0.2, 0.25) is 5.91 Å². The second-order valence-electron chi connectivity index (χ2n) is 3.45. The molecule has 2 nitrogen and oxygen atoms in total. The fraction of sp³-hybridized carbons (Fsp3) is 0.900.